The molecule has 2 aliphatic rings. The van der Waals surface area contributed by atoms with Crippen molar-refractivity contribution in [2.45, 2.75) is 29.9 Å². The van der Waals surface area contributed by atoms with Gasteiger partial charge in [0.15, 0.2) is 0 Å². The molecule has 0 radical (unpaired) electrons. The van der Waals surface area contributed by atoms with E-state index in [9.17, 15) is 13.5 Å². The average molecular weight is 381 g/mol. The second-order valence-electron chi connectivity index (χ2n) is 7.27. The Morgan fingerprint density at radius 3 is 2.78 bits per heavy atom. The number of primary sulfonamides is 1. The van der Waals surface area contributed by atoms with E-state index in [0.29, 0.717) is 5.56 Å². The molecular weight excluding hydrogens is 362 g/mol. The summed E-state index contributed by atoms with van der Waals surface area (Å²) in [5, 5.41) is 16.5. The molecule has 0 saturated heterocycles. The third kappa shape index (κ3) is 2.46. The molecule has 0 spiro atoms. The number of fused-ring (bicyclic) bond motifs is 4. The van der Waals surface area contributed by atoms with Crippen LogP contribution in [0.15, 0.2) is 59.9 Å². The van der Waals surface area contributed by atoms with Crippen LogP contribution in [0.5, 0.6) is 0 Å². The molecule has 2 aromatic carbocycles. The number of aryl methyl sites for hydroxylation is 1. The fourth-order valence-corrected chi connectivity index (χ4v) is 5.15. The fraction of sp³-hybridized carbons (Fsp3) is 0.250. The monoisotopic (exact) mass is 381 g/mol. The van der Waals surface area contributed by atoms with Crippen LogP contribution in [0, 0.1) is 5.92 Å². The van der Waals surface area contributed by atoms with Gasteiger partial charge in [0.1, 0.15) is 0 Å². The molecule has 1 aliphatic carbocycles. The van der Waals surface area contributed by atoms with Gasteiger partial charge in [0.2, 0.25) is 10.0 Å². The summed E-state index contributed by atoms with van der Waals surface area (Å²) in [4.78, 5) is 4.33. The van der Waals surface area contributed by atoms with E-state index >= 15 is 0 Å². The molecule has 138 valence electrons. The van der Waals surface area contributed by atoms with E-state index in [0.717, 1.165) is 29.7 Å². The first-order chi connectivity index (χ1) is 12.9. The van der Waals surface area contributed by atoms with Crippen LogP contribution in [0.25, 0.3) is 11.3 Å². The minimum Gasteiger partial charge on any atom is -0.388 e. The van der Waals surface area contributed by atoms with Crippen molar-refractivity contribution in [2.24, 2.45) is 11.1 Å². The molecule has 0 fully saturated rings. The van der Waals surface area contributed by atoms with Crippen LogP contribution in [0.1, 0.15) is 35.3 Å². The van der Waals surface area contributed by atoms with E-state index in [4.69, 9.17) is 5.14 Å². The average Bonchev–Trinajstić information content (AvgIpc) is 3.23. The van der Waals surface area contributed by atoms with Gasteiger partial charge in [-0.1, -0.05) is 30.3 Å². The molecule has 0 unspecified atom stereocenters. The van der Waals surface area contributed by atoms with Gasteiger partial charge in [-0.25, -0.2) is 18.5 Å². The lowest BCUT2D eigenvalue weighted by Gasteiger charge is -2.35. The molecule has 2 heterocycles. The summed E-state index contributed by atoms with van der Waals surface area (Å²) >= 11 is 0. The van der Waals surface area contributed by atoms with Crippen molar-refractivity contribution in [3.8, 4) is 11.3 Å². The molecule has 3 N–H and O–H groups in total. The zero-order chi connectivity index (χ0) is 18.8. The zero-order valence-electron chi connectivity index (χ0n) is 14.5. The third-order valence-electron chi connectivity index (χ3n) is 5.84. The molecule has 3 atom stereocenters. The first-order valence-electron chi connectivity index (χ1n) is 8.90. The number of aromatic nitrogens is 2. The van der Waals surface area contributed by atoms with E-state index in [1.54, 1.807) is 6.07 Å². The SMILES string of the molecule is NS(=O)(=O)c1ccc2c(c1)[C@@H](O)[C@H]([C@H]1c3ccccc3-c3cncn31)CC2. The number of rotatable bonds is 2. The Morgan fingerprint density at radius 1 is 1.15 bits per heavy atom. The predicted molar refractivity (Wildman–Crippen MR) is 100 cm³/mol. The second-order valence-corrected chi connectivity index (χ2v) is 8.83. The summed E-state index contributed by atoms with van der Waals surface area (Å²) in [6, 6.07) is 13.0. The Balaban J connectivity index is 1.61. The number of imidazole rings is 1. The smallest absolute Gasteiger partial charge is 0.238 e. The molecule has 0 amide bonds. The topological polar surface area (TPSA) is 98.2 Å². The lowest BCUT2D eigenvalue weighted by Crippen LogP contribution is -2.29. The number of nitrogens with zero attached hydrogens (tertiary/aromatic N) is 2. The van der Waals surface area contributed by atoms with Gasteiger partial charge >= 0.3 is 0 Å². The van der Waals surface area contributed by atoms with Crippen LogP contribution in [0.2, 0.25) is 0 Å². The van der Waals surface area contributed by atoms with E-state index in [-0.39, 0.29) is 16.9 Å². The quantitative estimate of drug-likeness (QED) is 0.712. The van der Waals surface area contributed by atoms with Crippen molar-refractivity contribution < 1.29 is 13.5 Å². The molecule has 0 bridgehead atoms. The van der Waals surface area contributed by atoms with Crippen molar-refractivity contribution >= 4 is 10.0 Å². The maximum absolute atomic E-state index is 11.7. The largest absolute Gasteiger partial charge is 0.388 e. The van der Waals surface area contributed by atoms with Gasteiger partial charge in [-0.15, -0.1) is 0 Å². The summed E-state index contributed by atoms with van der Waals surface area (Å²) in [6.07, 6.45) is 4.47. The summed E-state index contributed by atoms with van der Waals surface area (Å²) in [5.41, 5.74) is 4.99. The maximum atomic E-state index is 11.7. The van der Waals surface area contributed by atoms with Crippen LogP contribution in [-0.2, 0) is 16.4 Å². The highest BCUT2D eigenvalue weighted by molar-refractivity contribution is 7.89. The Hall–Kier alpha value is -2.48. The first kappa shape index (κ1) is 16.7. The molecule has 1 aliphatic heterocycles. The zero-order valence-corrected chi connectivity index (χ0v) is 15.3. The van der Waals surface area contributed by atoms with Crippen LogP contribution >= 0.6 is 0 Å². The van der Waals surface area contributed by atoms with E-state index in [1.165, 1.54) is 17.7 Å². The van der Waals surface area contributed by atoms with Gasteiger partial charge in [-0.2, -0.15) is 0 Å². The molecule has 1 aromatic heterocycles. The highest BCUT2D eigenvalue weighted by atomic mass is 32.2. The van der Waals surface area contributed by atoms with Crippen LogP contribution < -0.4 is 5.14 Å². The van der Waals surface area contributed by atoms with Crippen molar-refractivity contribution in [1.82, 2.24) is 9.55 Å². The van der Waals surface area contributed by atoms with Gasteiger partial charge in [0.25, 0.3) is 0 Å². The number of aliphatic hydroxyl groups is 1. The normalized spacial score (nSPS) is 23.6. The Morgan fingerprint density at radius 2 is 1.96 bits per heavy atom. The first-order valence-corrected chi connectivity index (χ1v) is 10.4. The molecule has 5 rings (SSSR count). The van der Waals surface area contributed by atoms with Gasteiger partial charge in [-0.05, 0) is 41.7 Å². The standard InChI is InChI=1S/C20H19N3O3S/c21-27(25,26)13-7-5-12-6-8-16(20(24)17(12)9-13)19-15-4-2-1-3-14(15)18-10-22-11-23(18)19/h1-5,7,9-11,16,19-20,24H,6,8H2,(H2,21,25,26)/t16-,19+,20-/m0/s1. The molecule has 6 nitrogen and oxygen atoms in total. The second kappa shape index (κ2) is 5.76. The highest BCUT2D eigenvalue weighted by Gasteiger charge is 2.40. The van der Waals surface area contributed by atoms with Gasteiger partial charge in [-0.3, -0.25) is 0 Å². The summed E-state index contributed by atoms with van der Waals surface area (Å²) in [6.45, 7) is 0. The van der Waals surface area contributed by atoms with E-state index < -0.39 is 16.1 Å². The number of nitrogens with two attached hydrogens (primary N) is 1. The van der Waals surface area contributed by atoms with Crippen molar-refractivity contribution in [3.05, 3.63) is 71.7 Å². The summed E-state index contributed by atoms with van der Waals surface area (Å²) in [5.74, 6) is -0.0789. The van der Waals surface area contributed by atoms with E-state index in [1.807, 2.05) is 24.7 Å². The van der Waals surface area contributed by atoms with Crippen molar-refractivity contribution in [2.75, 3.05) is 0 Å². The van der Waals surface area contributed by atoms with Crippen molar-refractivity contribution in [1.29, 1.82) is 0 Å². The number of sulfonamides is 1. The highest BCUT2D eigenvalue weighted by Crippen LogP contribution is 2.49. The Bertz CT molecular complexity index is 1150. The summed E-state index contributed by atoms with van der Waals surface area (Å²) < 4.78 is 25.6. The van der Waals surface area contributed by atoms with Crippen LogP contribution in [-0.4, -0.2) is 23.1 Å². The van der Waals surface area contributed by atoms with Crippen molar-refractivity contribution in [3.63, 3.8) is 0 Å². The van der Waals surface area contributed by atoms with Gasteiger partial charge in [0.05, 0.1) is 35.3 Å². The number of hydrogen-bond acceptors (Lipinski definition) is 4. The minimum absolute atomic E-state index is 0.0278. The fourth-order valence-electron chi connectivity index (χ4n) is 4.60. The summed E-state index contributed by atoms with van der Waals surface area (Å²) in [7, 11) is -3.81. The lowest BCUT2D eigenvalue weighted by atomic mass is 9.76. The number of aliphatic hydroxyl groups excluding tert-OH is 1. The minimum atomic E-state index is -3.81. The molecule has 3 aromatic rings. The number of hydrogen-bond donors (Lipinski definition) is 2. The number of benzene rings is 2. The maximum Gasteiger partial charge on any atom is 0.238 e. The van der Waals surface area contributed by atoms with Crippen LogP contribution in [0.4, 0.5) is 0 Å². The van der Waals surface area contributed by atoms with Crippen LogP contribution in [0.3, 0.4) is 0 Å². The molecule has 7 heteroatoms. The Kier molecular flexibility index (Phi) is 3.56. The third-order valence-corrected chi connectivity index (χ3v) is 6.75. The van der Waals surface area contributed by atoms with E-state index in [2.05, 4.69) is 21.7 Å². The molecule has 0 saturated carbocycles. The Labute approximate surface area is 157 Å². The lowest BCUT2D eigenvalue weighted by molar-refractivity contribution is 0.0718. The predicted octanol–water partition coefficient (Wildman–Crippen LogP) is 2.40. The van der Waals surface area contributed by atoms with Gasteiger partial charge in [0, 0.05) is 11.5 Å². The molecule has 27 heavy (non-hydrogen) atoms. The van der Waals surface area contributed by atoms with Gasteiger partial charge < -0.3 is 9.67 Å². The molecular formula is C20H19N3O3S.